The van der Waals surface area contributed by atoms with Crippen LogP contribution in [0.15, 0.2) is 0 Å². The highest BCUT2D eigenvalue weighted by molar-refractivity contribution is 5.70. The second kappa shape index (κ2) is 15.6. The predicted molar refractivity (Wildman–Crippen MR) is 100 cm³/mol. The largest absolute Gasteiger partial charge is 0.481 e. The number of hydrogen-bond acceptors (Lipinski definition) is 4. The number of carbonyl (C=O) groups is 1. The van der Waals surface area contributed by atoms with Gasteiger partial charge in [-0.05, 0) is 12.8 Å². The Morgan fingerprint density at radius 2 is 1.32 bits per heavy atom. The van der Waals surface area contributed by atoms with Crippen LogP contribution in [0.25, 0.3) is 0 Å². The van der Waals surface area contributed by atoms with Crippen molar-refractivity contribution in [2.24, 2.45) is 11.8 Å². The lowest BCUT2D eigenvalue weighted by molar-refractivity contribution is -0.148. The summed E-state index contributed by atoms with van der Waals surface area (Å²) in [6, 6.07) is 0. The average molecular weight is 361 g/mol. The summed E-state index contributed by atoms with van der Waals surface area (Å²) in [4.78, 5) is 11.4. The van der Waals surface area contributed by atoms with Crippen LogP contribution in [-0.4, -0.2) is 45.2 Å². The lowest BCUT2D eigenvalue weighted by Crippen LogP contribution is -2.41. The molecule has 25 heavy (non-hydrogen) atoms. The number of unbranched alkanes of at least 4 members (excludes halogenated alkanes) is 9. The molecule has 5 heteroatoms. The zero-order chi connectivity index (χ0) is 19.1. The van der Waals surface area contributed by atoms with Crippen molar-refractivity contribution in [1.82, 2.24) is 0 Å². The molecule has 0 aliphatic rings. The molecular weight excluding hydrogens is 320 g/mol. The summed E-state index contributed by atoms with van der Waals surface area (Å²) in [7, 11) is 0. The van der Waals surface area contributed by atoms with Crippen molar-refractivity contribution < 1.29 is 25.2 Å². The Kier molecular flexibility index (Phi) is 15.2. The van der Waals surface area contributed by atoms with Crippen LogP contribution in [0.5, 0.6) is 0 Å². The minimum absolute atomic E-state index is 0.410. The van der Waals surface area contributed by atoms with Crippen LogP contribution in [-0.2, 0) is 4.79 Å². The molecule has 0 rings (SSSR count). The fraction of sp³-hybridized carbons (Fsp3) is 0.950. The van der Waals surface area contributed by atoms with Gasteiger partial charge in [-0.2, -0.15) is 0 Å². The molecule has 0 aliphatic carbocycles. The van der Waals surface area contributed by atoms with Crippen LogP contribution in [0.1, 0.15) is 90.9 Å². The predicted octanol–water partition coefficient (Wildman–Crippen LogP) is 3.74. The number of aliphatic hydroxyl groups excluding tert-OH is 3. The zero-order valence-electron chi connectivity index (χ0n) is 16.2. The van der Waals surface area contributed by atoms with Crippen LogP contribution in [0.4, 0.5) is 0 Å². The summed E-state index contributed by atoms with van der Waals surface area (Å²) in [5.74, 6) is -2.14. The maximum atomic E-state index is 11.4. The van der Waals surface area contributed by atoms with E-state index in [9.17, 15) is 20.1 Å². The number of carboxylic acid groups (broad SMARTS) is 1. The Bertz CT molecular complexity index is 321. The van der Waals surface area contributed by atoms with Gasteiger partial charge < -0.3 is 20.4 Å². The van der Waals surface area contributed by atoms with Crippen LogP contribution in [0.2, 0.25) is 0 Å². The lowest BCUT2D eigenvalue weighted by Gasteiger charge is -2.30. The summed E-state index contributed by atoms with van der Waals surface area (Å²) < 4.78 is 0. The van der Waals surface area contributed by atoms with Gasteiger partial charge in [0.25, 0.3) is 0 Å². The van der Waals surface area contributed by atoms with Gasteiger partial charge in [-0.15, -0.1) is 0 Å². The molecule has 0 spiro atoms. The minimum atomic E-state index is -1.28. The number of aliphatic carboxylic acids is 1. The molecule has 4 atom stereocenters. The van der Waals surface area contributed by atoms with E-state index in [0.717, 1.165) is 19.3 Å². The van der Waals surface area contributed by atoms with Crippen LogP contribution < -0.4 is 0 Å². The molecule has 0 heterocycles. The molecule has 150 valence electrons. The van der Waals surface area contributed by atoms with Gasteiger partial charge in [-0.1, -0.05) is 78.1 Å². The zero-order valence-corrected chi connectivity index (χ0v) is 16.2. The SMILES string of the molecule is CCCCCCCCCCCC[C@H]([C@H](O)[C@@H](O)CO)[C@H](CC)C(=O)O. The van der Waals surface area contributed by atoms with Crippen molar-refractivity contribution in [2.75, 3.05) is 6.61 Å². The molecule has 4 N–H and O–H groups in total. The molecule has 5 nitrogen and oxygen atoms in total. The Balaban J connectivity index is 4.12. The monoisotopic (exact) mass is 360 g/mol. The molecule has 0 aliphatic heterocycles. The molecule has 0 unspecified atom stereocenters. The topological polar surface area (TPSA) is 98.0 Å². The van der Waals surface area contributed by atoms with E-state index < -0.39 is 36.6 Å². The summed E-state index contributed by atoms with van der Waals surface area (Å²) in [5, 5.41) is 38.3. The Hall–Kier alpha value is -0.650. The first kappa shape index (κ1) is 24.4. The van der Waals surface area contributed by atoms with Gasteiger partial charge in [0.05, 0.1) is 18.6 Å². The van der Waals surface area contributed by atoms with Crippen molar-refractivity contribution in [3.05, 3.63) is 0 Å². The molecule has 0 aromatic rings. The standard InChI is InChI=1S/C20H40O5/c1-3-5-6-7-8-9-10-11-12-13-14-17(16(4-2)20(24)25)19(23)18(22)15-21/h16-19,21-23H,3-15H2,1-2H3,(H,24,25)/t16-,17-,18-,19-/m0/s1. The number of aliphatic hydroxyl groups is 3. The number of hydrogen-bond donors (Lipinski definition) is 4. The molecule has 0 aromatic heterocycles. The highest BCUT2D eigenvalue weighted by Crippen LogP contribution is 2.28. The van der Waals surface area contributed by atoms with E-state index in [1.807, 2.05) is 0 Å². The van der Waals surface area contributed by atoms with Crippen molar-refractivity contribution in [2.45, 2.75) is 103 Å². The van der Waals surface area contributed by atoms with Crippen molar-refractivity contribution in [3.8, 4) is 0 Å². The maximum Gasteiger partial charge on any atom is 0.306 e. The number of rotatable bonds is 17. The fourth-order valence-electron chi connectivity index (χ4n) is 3.53. The molecule has 0 saturated heterocycles. The minimum Gasteiger partial charge on any atom is -0.481 e. The van der Waals surface area contributed by atoms with E-state index in [2.05, 4.69) is 6.92 Å². The van der Waals surface area contributed by atoms with E-state index in [1.165, 1.54) is 44.9 Å². The smallest absolute Gasteiger partial charge is 0.306 e. The normalized spacial score (nSPS) is 16.4. The van der Waals surface area contributed by atoms with E-state index in [0.29, 0.717) is 12.8 Å². The van der Waals surface area contributed by atoms with E-state index in [-0.39, 0.29) is 0 Å². The third-order valence-electron chi connectivity index (χ3n) is 5.18. The molecule has 0 aromatic carbocycles. The van der Waals surface area contributed by atoms with Gasteiger partial charge >= 0.3 is 5.97 Å². The maximum absolute atomic E-state index is 11.4. The van der Waals surface area contributed by atoms with E-state index in [4.69, 9.17) is 5.11 Å². The van der Waals surface area contributed by atoms with Gasteiger partial charge in [0.15, 0.2) is 0 Å². The molecule has 0 bridgehead atoms. The first-order valence-electron chi connectivity index (χ1n) is 10.2. The van der Waals surface area contributed by atoms with Crippen molar-refractivity contribution in [3.63, 3.8) is 0 Å². The Labute approximate surface area is 153 Å². The van der Waals surface area contributed by atoms with E-state index >= 15 is 0 Å². The van der Waals surface area contributed by atoms with E-state index in [1.54, 1.807) is 6.92 Å². The second-order valence-corrected chi connectivity index (χ2v) is 7.23. The van der Waals surface area contributed by atoms with Gasteiger partial charge in [0.1, 0.15) is 6.10 Å². The van der Waals surface area contributed by atoms with Crippen LogP contribution in [0, 0.1) is 11.8 Å². The summed E-state index contributed by atoms with van der Waals surface area (Å²) in [6.45, 7) is 3.45. The molecule has 0 saturated carbocycles. The van der Waals surface area contributed by atoms with Crippen molar-refractivity contribution in [1.29, 1.82) is 0 Å². The third kappa shape index (κ3) is 10.8. The summed E-state index contributed by atoms with van der Waals surface area (Å²) >= 11 is 0. The molecule has 0 amide bonds. The second-order valence-electron chi connectivity index (χ2n) is 7.23. The average Bonchev–Trinajstić information content (AvgIpc) is 2.60. The van der Waals surface area contributed by atoms with Gasteiger partial charge in [0, 0.05) is 5.92 Å². The Morgan fingerprint density at radius 3 is 1.72 bits per heavy atom. The fourth-order valence-corrected chi connectivity index (χ4v) is 3.53. The number of carboxylic acids is 1. The van der Waals surface area contributed by atoms with Gasteiger partial charge in [-0.3, -0.25) is 4.79 Å². The highest BCUT2D eigenvalue weighted by atomic mass is 16.4. The first-order valence-corrected chi connectivity index (χ1v) is 10.2. The summed E-state index contributed by atoms with van der Waals surface area (Å²) in [5.41, 5.74) is 0. The molecule has 0 radical (unpaired) electrons. The Morgan fingerprint density at radius 1 is 0.840 bits per heavy atom. The van der Waals surface area contributed by atoms with Gasteiger partial charge in [0.2, 0.25) is 0 Å². The van der Waals surface area contributed by atoms with Gasteiger partial charge in [-0.25, -0.2) is 0 Å². The molecule has 0 fully saturated rings. The van der Waals surface area contributed by atoms with Crippen molar-refractivity contribution >= 4 is 5.97 Å². The first-order chi connectivity index (χ1) is 12.0. The van der Waals surface area contributed by atoms with Crippen LogP contribution >= 0.6 is 0 Å². The third-order valence-corrected chi connectivity index (χ3v) is 5.18. The lowest BCUT2D eigenvalue weighted by atomic mass is 9.80. The summed E-state index contributed by atoms with van der Waals surface area (Å²) in [6.07, 6.45) is 10.5. The van der Waals surface area contributed by atoms with Crippen LogP contribution in [0.3, 0.4) is 0 Å². The molecular formula is C20H40O5. The quantitative estimate of drug-likeness (QED) is 0.296. The highest BCUT2D eigenvalue weighted by Gasteiger charge is 2.35.